The van der Waals surface area contributed by atoms with E-state index in [1.165, 1.54) is 24.1 Å². The van der Waals surface area contributed by atoms with Gasteiger partial charge in [-0.1, -0.05) is 18.2 Å². The SMILES string of the molecule is C1=C(C2CC2)[N]c2ccccc21. The van der Waals surface area contributed by atoms with E-state index in [0.717, 1.165) is 11.6 Å². The molecule has 12 heavy (non-hydrogen) atoms. The van der Waals surface area contributed by atoms with Gasteiger partial charge < -0.3 is 0 Å². The zero-order valence-electron chi connectivity index (χ0n) is 6.83. The molecule has 0 spiro atoms. The lowest BCUT2D eigenvalue weighted by molar-refractivity contribution is 0.905. The predicted octanol–water partition coefficient (Wildman–Crippen LogP) is 2.69. The molecule has 3 rings (SSSR count). The number of rotatable bonds is 1. The van der Waals surface area contributed by atoms with Crippen molar-refractivity contribution < 1.29 is 0 Å². The molecule has 1 saturated carbocycles. The maximum absolute atomic E-state index is 4.57. The van der Waals surface area contributed by atoms with E-state index in [2.05, 4.69) is 29.6 Å². The van der Waals surface area contributed by atoms with Gasteiger partial charge in [-0.15, -0.1) is 0 Å². The van der Waals surface area contributed by atoms with Gasteiger partial charge in [0.05, 0.1) is 5.69 Å². The minimum Gasteiger partial charge on any atom is -0.253 e. The zero-order valence-corrected chi connectivity index (χ0v) is 6.83. The van der Waals surface area contributed by atoms with Crippen LogP contribution in [0.3, 0.4) is 0 Å². The topological polar surface area (TPSA) is 14.1 Å². The second-order valence-electron chi connectivity index (χ2n) is 3.51. The van der Waals surface area contributed by atoms with Gasteiger partial charge in [0, 0.05) is 17.2 Å². The van der Waals surface area contributed by atoms with Crippen molar-refractivity contribution >= 4 is 11.8 Å². The Balaban J connectivity index is 2.00. The lowest BCUT2D eigenvalue weighted by Gasteiger charge is -1.97. The highest BCUT2D eigenvalue weighted by atomic mass is 14.9. The highest BCUT2D eigenvalue weighted by Gasteiger charge is 2.29. The summed E-state index contributed by atoms with van der Waals surface area (Å²) in [6, 6.07) is 8.34. The molecule has 1 aliphatic heterocycles. The summed E-state index contributed by atoms with van der Waals surface area (Å²) in [4.78, 5) is 0. The Morgan fingerprint density at radius 2 is 2.00 bits per heavy atom. The summed E-state index contributed by atoms with van der Waals surface area (Å²) in [5.74, 6) is 0.775. The number of fused-ring (bicyclic) bond motifs is 1. The van der Waals surface area contributed by atoms with Gasteiger partial charge >= 0.3 is 0 Å². The molecule has 0 unspecified atom stereocenters. The fourth-order valence-electron chi connectivity index (χ4n) is 1.63. The monoisotopic (exact) mass is 156 g/mol. The fourth-order valence-corrected chi connectivity index (χ4v) is 1.63. The van der Waals surface area contributed by atoms with Crippen molar-refractivity contribution in [3.8, 4) is 0 Å². The standard InChI is InChI=1S/C11H10N/c1-2-4-10-9(3-1)7-11(12-10)8-5-6-8/h1-4,7-8H,5-6H2. The molecule has 1 aromatic carbocycles. The Bertz CT molecular complexity index is 348. The number of benzene rings is 1. The van der Waals surface area contributed by atoms with Crippen LogP contribution in [0, 0.1) is 5.92 Å². The minimum atomic E-state index is 0.775. The molecular formula is C11H10N. The molecule has 0 N–H and O–H groups in total. The Hall–Kier alpha value is -1.24. The van der Waals surface area contributed by atoms with E-state index >= 15 is 0 Å². The van der Waals surface area contributed by atoms with E-state index in [1.807, 2.05) is 6.07 Å². The van der Waals surface area contributed by atoms with Crippen molar-refractivity contribution in [2.24, 2.45) is 5.92 Å². The summed E-state index contributed by atoms with van der Waals surface area (Å²) in [5.41, 5.74) is 3.75. The molecule has 0 bridgehead atoms. The normalized spacial score (nSPS) is 19.8. The molecule has 0 aromatic heterocycles. The average Bonchev–Trinajstić information content (AvgIpc) is 2.85. The first-order chi connectivity index (χ1) is 5.93. The molecule has 0 atom stereocenters. The van der Waals surface area contributed by atoms with Crippen molar-refractivity contribution in [1.29, 1.82) is 0 Å². The quantitative estimate of drug-likeness (QED) is 0.593. The van der Waals surface area contributed by atoms with E-state index in [4.69, 9.17) is 0 Å². The minimum absolute atomic E-state index is 0.775. The highest BCUT2D eigenvalue weighted by molar-refractivity contribution is 5.72. The summed E-state index contributed by atoms with van der Waals surface area (Å²) in [5, 5.41) is 4.57. The molecule has 2 aliphatic rings. The number of nitrogens with zero attached hydrogens (tertiary/aromatic N) is 1. The van der Waals surface area contributed by atoms with Gasteiger partial charge in [0.25, 0.3) is 0 Å². The molecule has 59 valence electrons. The average molecular weight is 156 g/mol. The first-order valence-electron chi connectivity index (χ1n) is 4.46. The molecule has 1 radical (unpaired) electrons. The maximum atomic E-state index is 4.57. The van der Waals surface area contributed by atoms with Crippen molar-refractivity contribution in [2.45, 2.75) is 12.8 Å². The van der Waals surface area contributed by atoms with Crippen LogP contribution in [0.25, 0.3) is 6.08 Å². The van der Waals surface area contributed by atoms with Crippen LogP contribution in [0.4, 0.5) is 5.69 Å². The van der Waals surface area contributed by atoms with Gasteiger partial charge in [-0.25, -0.2) is 0 Å². The number of para-hydroxylation sites is 1. The van der Waals surface area contributed by atoms with E-state index in [1.54, 1.807) is 0 Å². The summed E-state index contributed by atoms with van der Waals surface area (Å²) >= 11 is 0. The Morgan fingerprint density at radius 1 is 1.17 bits per heavy atom. The molecule has 0 amide bonds. The Labute approximate surface area is 72.1 Å². The molecule has 0 saturated heterocycles. The third-order valence-electron chi connectivity index (χ3n) is 2.49. The second kappa shape index (κ2) is 2.13. The summed E-state index contributed by atoms with van der Waals surface area (Å²) < 4.78 is 0. The van der Waals surface area contributed by atoms with Crippen LogP contribution in [0.1, 0.15) is 18.4 Å². The zero-order chi connectivity index (χ0) is 7.97. The number of hydrogen-bond donors (Lipinski definition) is 0. The first-order valence-corrected chi connectivity index (χ1v) is 4.46. The number of hydrogen-bond acceptors (Lipinski definition) is 0. The third kappa shape index (κ3) is 0.860. The lowest BCUT2D eigenvalue weighted by Crippen LogP contribution is -1.93. The summed E-state index contributed by atoms with van der Waals surface area (Å²) in [6.07, 6.45) is 4.90. The smallest absolute Gasteiger partial charge is 0.0706 e. The largest absolute Gasteiger partial charge is 0.253 e. The number of allylic oxidation sites excluding steroid dienone is 1. The molecule has 1 fully saturated rings. The maximum Gasteiger partial charge on any atom is 0.0706 e. The Kier molecular flexibility index (Phi) is 1.12. The second-order valence-corrected chi connectivity index (χ2v) is 3.51. The van der Waals surface area contributed by atoms with Crippen LogP contribution in [0.5, 0.6) is 0 Å². The molecule has 1 aliphatic carbocycles. The van der Waals surface area contributed by atoms with E-state index < -0.39 is 0 Å². The molecular weight excluding hydrogens is 146 g/mol. The molecule has 1 nitrogen and oxygen atoms in total. The van der Waals surface area contributed by atoms with Crippen LogP contribution in [0.15, 0.2) is 30.0 Å². The molecule has 1 heterocycles. The van der Waals surface area contributed by atoms with Crippen molar-refractivity contribution in [3.05, 3.63) is 35.5 Å². The van der Waals surface area contributed by atoms with Gasteiger partial charge in [0.1, 0.15) is 0 Å². The molecule has 1 aromatic rings. The third-order valence-corrected chi connectivity index (χ3v) is 2.49. The lowest BCUT2D eigenvalue weighted by atomic mass is 10.2. The van der Waals surface area contributed by atoms with Crippen molar-refractivity contribution in [1.82, 2.24) is 5.32 Å². The van der Waals surface area contributed by atoms with Crippen LogP contribution in [0.2, 0.25) is 0 Å². The van der Waals surface area contributed by atoms with Gasteiger partial charge in [-0.3, -0.25) is 5.32 Å². The van der Waals surface area contributed by atoms with Gasteiger partial charge in [0.2, 0.25) is 0 Å². The van der Waals surface area contributed by atoms with Crippen LogP contribution in [-0.4, -0.2) is 0 Å². The molecule has 1 heteroatoms. The fraction of sp³-hybridized carbons (Fsp3) is 0.273. The van der Waals surface area contributed by atoms with Crippen LogP contribution in [-0.2, 0) is 0 Å². The van der Waals surface area contributed by atoms with Gasteiger partial charge in [0.15, 0.2) is 0 Å². The van der Waals surface area contributed by atoms with Crippen molar-refractivity contribution in [3.63, 3.8) is 0 Å². The summed E-state index contributed by atoms with van der Waals surface area (Å²) in [6.45, 7) is 0. The van der Waals surface area contributed by atoms with Gasteiger partial charge in [-0.2, -0.15) is 0 Å². The van der Waals surface area contributed by atoms with Gasteiger partial charge in [-0.05, 0) is 25.0 Å². The summed E-state index contributed by atoms with van der Waals surface area (Å²) in [7, 11) is 0. The van der Waals surface area contributed by atoms with Crippen molar-refractivity contribution in [2.75, 3.05) is 0 Å². The Morgan fingerprint density at radius 3 is 2.75 bits per heavy atom. The first kappa shape index (κ1) is 6.30. The highest BCUT2D eigenvalue weighted by Crippen LogP contribution is 2.41. The predicted molar refractivity (Wildman–Crippen MR) is 48.9 cm³/mol. The van der Waals surface area contributed by atoms with E-state index in [0.29, 0.717) is 0 Å². The van der Waals surface area contributed by atoms with Crippen LogP contribution < -0.4 is 5.32 Å². The van der Waals surface area contributed by atoms with E-state index in [-0.39, 0.29) is 0 Å². The van der Waals surface area contributed by atoms with Crippen LogP contribution >= 0.6 is 0 Å². The van der Waals surface area contributed by atoms with E-state index in [9.17, 15) is 0 Å².